The van der Waals surface area contributed by atoms with E-state index < -0.39 is 0 Å². The molecule has 0 unspecified atom stereocenters. The standard InChI is InChI=1S/C9H20.C4H10.C2H6/c1-3-5-7-9-8-6-4-2;1-3-4-2;1-2/h3-9H2,1-2H3;3-4H2,1-2H3;1-2H3. The lowest BCUT2D eigenvalue weighted by Gasteiger charge is -1.96. The highest BCUT2D eigenvalue weighted by Crippen LogP contribution is 2.05. The second-order valence-electron chi connectivity index (χ2n) is 3.77. The normalized spacial score (nSPS) is 8.40. The summed E-state index contributed by atoms with van der Waals surface area (Å²) in [5, 5.41) is 0. The molecule has 0 nitrogen and oxygen atoms in total. The van der Waals surface area contributed by atoms with Crippen molar-refractivity contribution in [3.8, 4) is 0 Å². The first kappa shape index (κ1) is 20.4. The van der Waals surface area contributed by atoms with Crippen molar-refractivity contribution in [2.75, 3.05) is 0 Å². The zero-order valence-corrected chi connectivity index (χ0v) is 12.4. The van der Waals surface area contributed by atoms with Crippen molar-refractivity contribution in [2.24, 2.45) is 0 Å². The fourth-order valence-corrected chi connectivity index (χ4v) is 1.03. The number of rotatable bonds is 7. The zero-order valence-electron chi connectivity index (χ0n) is 12.4. The first-order chi connectivity index (χ1) is 7.33. The third-order valence-electron chi connectivity index (χ3n) is 2.21. The van der Waals surface area contributed by atoms with Crippen molar-refractivity contribution in [1.29, 1.82) is 0 Å². The molecular weight excluding hydrogens is 180 g/mol. The van der Waals surface area contributed by atoms with Crippen LogP contribution in [0.4, 0.5) is 0 Å². The molecule has 0 heterocycles. The van der Waals surface area contributed by atoms with Gasteiger partial charge in [-0.3, -0.25) is 0 Å². The van der Waals surface area contributed by atoms with E-state index >= 15 is 0 Å². The molecule has 96 valence electrons. The summed E-state index contributed by atoms with van der Waals surface area (Å²) in [7, 11) is 0. The highest BCUT2D eigenvalue weighted by atomic mass is 13.9. The van der Waals surface area contributed by atoms with Crippen LogP contribution in [0.5, 0.6) is 0 Å². The van der Waals surface area contributed by atoms with Crippen LogP contribution in [-0.4, -0.2) is 0 Å². The molecule has 0 rings (SSSR count). The maximum Gasteiger partial charge on any atom is -0.0533 e. The Morgan fingerprint density at radius 3 is 0.867 bits per heavy atom. The Labute approximate surface area is 99.9 Å². The molecular formula is C15H36. The second kappa shape index (κ2) is 29.2. The highest BCUT2D eigenvalue weighted by Gasteiger charge is 1.85. The molecule has 0 atom stereocenters. The fourth-order valence-electron chi connectivity index (χ4n) is 1.03. The third kappa shape index (κ3) is 41.1. The Bertz CT molecular complexity index is 49.1. The number of hydrogen-bond donors (Lipinski definition) is 0. The van der Waals surface area contributed by atoms with E-state index in [0.29, 0.717) is 0 Å². The van der Waals surface area contributed by atoms with Gasteiger partial charge in [-0.2, -0.15) is 0 Å². The van der Waals surface area contributed by atoms with Gasteiger partial charge >= 0.3 is 0 Å². The molecule has 0 aromatic heterocycles. The quantitative estimate of drug-likeness (QED) is 0.421. The van der Waals surface area contributed by atoms with E-state index in [1.165, 1.54) is 57.8 Å². The van der Waals surface area contributed by atoms with Crippen LogP contribution in [0.25, 0.3) is 0 Å². The van der Waals surface area contributed by atoms with Crippen molar-refractivity contribution in [3.63, 3.8) is 0 Å². The molecule has 0 heteroatoms. The average molecular weight is 216 g/mol. The molecule has 0 fully saturated rings. The molecule has 0 spiro atoms. The molecule has 0 aromatic carbocycles. The van der Waals surface area contributed by atoms with Gasteiger partial charge in [-0.1, -0.05) is 99.3 Å². The molecule has 0 bridgehead atoms. The van der Waals surface area contributed by atoms with Crippen molar-refractivity contribution in [2.45, 2.75) is 99.3 Å². The number of hydrogen-bond acceptors (Lipinski definition) is 0. The van der Waals surface area contributed by atoms with Gasteiger partial charge in [-0.05, 0) is 0 Å². The predicted octanol–water partition coefficient (Wildman–Crippen LogP) is 6.59. The third-order valence-corrected chi connectivity index (χ3v) is 2.21. The fraction of sp³-hybridized carbons (Fsp3) is 1.00. The van der Waals surface area contributed by atoms with Crippen molar-refractivity contribution < 1.29 is 0 Å². The van der Waals surface area contributed by atoms with E-state index in [1.54, 1.807) is 0 Å². The molecule has 0 aliphatic heterocycles. The van der Waals surface area contributed by atoms with Gasteiger partial charge in [-0.15, -0.1) is 0 Å². The Kier molecular flexibility index (Phi) is 39.8. The molecule has 0 N–H and O–H groups in total. The van der Waals surface area contributed by atoms with Crippen LogP contribution in [0, 0.1) is 0 Å². The van der Waals surface area contributed by atoms with Crippen molar-refractivity contribution >= 4 is 0 Å². The van der Waals surface area contributed by atoms with Gasteiger partial charge in [0, 0.05) is 0 Å². The maximum atomic E-state index is 2.26. The lowest BCUT2D eigenvalue weighted by molar-refractivity contribution is 0.602. The van der Waals surface area contributed by atoms with Crippen molar-refractivity contribution in [1.82, 2.24) is 0 Å². The maximum absolute atomic E-state index is 2.26. The summed E-state index contributed by atoms with van der Waals surface area (Å²) in [5.74, 6) is 0. The molecule has 0 saturated carbocycles. The Morgan fingerprint density at radius 1 is 0.400 bits per heavy atom. The van der Waals surface area contributed by atoms with E-state index in [0.717, 1.165) is 0 Å². The van der Waals surface area contributed by atoms with Crippen LogP contribution in [0.15, 0.2) is 0 Å². The Hall–Kier alpha value is 0. The largest absolute Gasteiger partial charge is 0.0683 e. The van der Waals surface area contributed by atoms with Crippen molar-refractivity contribution in [3.05, 3.63) is 0 Å². The smallest absolute Gasteiger partial charge is 0.0533 e. The summed E-state index contributed by atoms with van der Waals surface area (Å²) in [4.78, 5) is 0. The summed E-state index contributed by atoms with van der Waals surface area (Å²) >= 11 is 0. The van der Waals surface area contributed by atoms with Crippen LogP contribution in [0.2, 0.25) is 0 Å². The van der Waals surface area contributed by atoms with E-state index in [-0.39, 0.29) is 0 Å². The van der Waals surface area contributed by atoms with Crippen LogP contribution in [0.1, 0.15) is 99.3 Å². The lowest BCUT2D eigenvalue weighted by atomic mass is 10.1. The van der Waals surface area contributed by atoms with Crippen LogP contribution in [0.3, 0.4) is 0 Å². The first-order valence-corrected chi connectivity index (χ1v) is 7.33. The summed E-state index contributed by atoms with van der Waals surface area (Å²) in [6, 6.07) is 0. The van der Waals surface area contributed by atoms with Gasteiger partial charge in [0.05, 0.1) is 0 Å². The monoisotopic (exact) mass is 216 g/mol. The van der Waals surface area contributed by atoms with Gasteiger partial charge in [0.2, 0.25) is 0 Å². The van der Waals surface area contributed by atoms with Gasteiger partial charge < -0.3 is 0 Å². The minimum atomic E-state index is 1.32. The van der Waals surface area contributed by atoms with Crippen LogP contribution >= 0.6 is 0 Å². The average Bonchev–Trinajstić information content (AvgIpc) is 2.32. The minimum absolute atomic E-state index is 1.32. The molecule has 15 heavy (non-hydrogen) atoms. The van der Waals surface area contributed by atoms with Gasteiger partial charge in [0.25, 0.3) is 0 Å². The lowest BCUT2D eigenvalue weighted by Crippen LogP contribution is -1.76. The number of unbranched alkanes of at least 4 members (excludes halogenated alkanes) is 7. The molecule has 0 radical (unpaired) electrons. The van der Waals surface area contributed by atoms with Gasteiger partial charge in [0.15, 0.2) is 0 Å². The summed E-state index contributed by atoms with van der Waals surface area (Å²) < 4.78 is 0. The predicted molar refractivity (Wildman–Crippen MR) is 75.6 cm³/mol. The van der Waals surface area contributed by atoms with Crippen LogP contribution < -0.4 is 0 Å². The Balaban J connectivity index is -0.000000202. The molecule has 0 saturated heterocycles. The topological polar surface area (TPSA) is 0 Å². The van der Waals surface area contributed by atoms with E-state index in [4.69, 9.17) is 0 Å². The summed E-state index contributed by atoms with van der Waals surface area (Å²) in [5.41, 5.74) is 0. The molecule has 0 amide bonds. The van der Waals surface area contributed by atoms with Gasteiger partial charge in [0.1, 0.15) is 0 Å². The zero-order chi connectivity index (χ0) is 12.4. The van der Waals surface area contributed by atoms with E-state index in [1.807, 2.05) is 13.8 Å². The van der Waals surface area contributed by atoms with E-state index in [2.05, 4.69) is 27.7 Å². The van der Waals surface area contributed by atoms with Crippen LogP contribution in [-0.2, 0) is 0 Å². The van der Waals surface area contributed by atoms with Gasteiger partial charge in [-0.25, -0.2) is 0 Å². The first-order valence-electron chi connectivity index (χ1n) is 7.33. The molecule has 0 aliphatic carbocycles. The molecule has 0 aliphatic rings. The molecule has 0 aromatic rings. The second-order valence-corrected chi connectivity index (χ2v) is 3.77. The highest BCUT2D eigenvalue weighted by molar-refractivity contribution is 4.41. The SMILES string of the molecule is CC.CCCC.CCCCCCCCC. The summed E-state index contributed by atoms with van der Waals surface area (Å²) in [6.45, 7) is 12.9. The minimum Gasteiger partial charge on any atom is -0.0683 e. The summed E-state index contributed by atoms with van der Waals surface area (Å²) in [6.07, 6.45) is 12.6. The Morgan fingerprint density at radius 2 is 0.667 bits per heavy atom. The van der Waals surface area contributed by atoms with E-state index in [9.17, 15) is 0 Å².